The van der Waals surface area contributed by atoms with Gasteiger partial charge in [0, 0.05) is 18.6 Å². The first kappa shape index (κ1) is 14.5. The highest BCUT2D eigenvalue weighted by Crippen LogP contribution is 2.40. The van der Waals surface area contributed by atoms with Gasteiger partial charge in [-0.15, -0.1) is 11.3 Å². The van der Waals surface area contributed by atoms with Gasteiger partial charge in [-0.3, -0.25) is 4.90 Å². The molecular weight excluding hydrogens is 308 g/mol. The molecule has 0 radical (unpaired) electrons. The molecule has 1 fully saturated rings. The van der Waals surface area contributed by atoms with Crippen molar-refractivity contribution < 1.29 is 0 Å². The van der Waals surface area contributed by atoms with Crippen LogP contribution in [0, 0.1) is 5.92 Å². The maximum atomic E-state index is 6.10. The van der Waals surface area contributed by atoms with Crippen LogP contribution in [0.2, 0.25) is 0 Å². The first-order valence-corrected chi connectivity index (χ1v) is 8.41. The van der Waals surface area contributed by atoms with Crippen molar-refractivity contribution in [2.75, 3.05) is 13.6 Å². The van der Waals surface area contributed by atoms with Crippen molar-refractivity contribution in [2.24, 2.45) is 11.7 Å². The Bertz CT molecular complexity index is 393. The number of hydrogen-bond donors (Lipinski definition) is 1. The van der Waals surface area contributed by atoms with E-state index in [2.05, 4.69) is 46.2 Å². The van der Waals surface area contributed by atoms with Crippen molar-refractivity contribution in [1.29, 1.82) is 0 Å². The van der Waals surface area contributed by atoms with Crippen molar-refractivity contribution in [1.82, 2.24) is 4.90 Å². The summed E-state index contributed by atoms with van der Waals surface area (Å²) in [6, 6.07) is 2.22. The largest absolute Gasteiger partial charge is 0.329 e. The number of rotatable bonds is 5. The molecule has 2 nitrogen and oxygen atoms in total. The van der Waals surface area contributed by atoms with Gasteiger partial charge in [0.2, 0.25) is 0 Å². The molecule has 1 heterocycles. The quantitative estimate of drug-likeness (QED) is 0.888. The summed E-state index contributed by atoms with van der Waals surface area (Å²) in [6.45, 7) is 4.09. The second-order valence-corrected chi connectivity index (χ2v) is 7.85. The van der Waals surface area contributed by atoms with Crippen molar-refractivity contribution in [3.8, 4) is 0 Å². The van der Waals surface area contributed by atoms with Gasteiger partial charge in [-0.2, -0.15) is 0 Å². The fourth-order valence-corrected chi connectivity index (χ4v) is 4.32. The molecule has 1 aromatic heterocycles. The molecule has 0 aliphatic heterocycles. The third-order valence-corrected chi connectivity index (χ3v) is 6.05. The molecule has 1 saturated carbocycles. The number of nitrogens with zero attached hydrogens (tertiary/aromatic N) is 1. The molecule has 2 N–H and O–H groups in total. The van der Waals surface area contributed by atoms with Gasteiger partial charge in [-0.1, -0.05) is 13.3 Å². The lowest BCUT2D eigenvalue weighted by Gasteiger charge is -2.38. The number of nitrogens with two attached hydrogens (primary N) is 1. The number of hydrogen-bond acceptors (Lipinski definition) is 3. The minimum absolute atomic E-state index is 0.231. The summed E-state index contributed by atoms with van der Waals surface area (Å²) < 4.78 is 1.21. The van der Waals surface area contributed by atoms with Crippen LogP contribution in [0.5, 0.6) is 0 Å². The Labute approximate surface area is 123 Å². The molecule has 0 aromatic carbocycles. The highest BCUT2D eigenvalue weighted by molar-refractivity contribution is 9.11. The zero-order chi connectivity index (χ0) is 13.2. The van der Waals surface area contributed by atoms with E-state index in [0.717, 1.165) is 19.0 Å². The van der Waals surface area contributed by atoms with Crippen LogP contribution in [0.3, 0.4) is 0 Å². The van der Waals surface area contributed by atoms with Crippen molar-refractivity contribution >= 4 is 27.3 Å². The molecule has 1 aromatic rings. The van der Waals surface area contributed by atoms with E-state index < -0.39 is 0 Å². The molecule has 18 heavy (non-hydrogen) atoms. The smallest absolute Gasteiger partial charge is 0.0701 e. The van der Waals surface area contributed by atoms with Crippen molar-refractivity contribution in [2.45, 2.75) is 44.7 Å². The van der Waals surface area contributed by atoms with Gasteiger partial charge < -0.3 is 5.73 Å². The molecule has 2 atom stereocenters. The average Bonchev–Trinajstić information content (AvgIpc) is 2.96. The zero-order valence-corrected chi connectivity index (χ0v) is 13.7. The first-order chi connectivity index (χ1) is 8.59. The Morgan fingerprint density at radius 2 is 2.39 bits per heavy atom. The maximum absolute atomic E-state index is 6.10. The second-order valence-electron chi connectivity index (χ2n) is 5.56. The van der Waals surface area contributed by atoms with Crippen LogP contribution in [-0.2, 0) is 6.54 Å². The molecule has 0 amide bonds. The third kappa shape index (κ3) is 2.98. The van der Waals surface area contributed by atoms with E-state index in [9.17, 15) is 0 Å². The minimum Gasteiger partial charge on any atom is -0.329 e. The van der Waals surface area contributed by atoms with E-state index in [4.69, 9.17) is 5.73 Å². The summed E-state index contributed by atoms with van der Waals surface area (Å²) in [5.41, 5.74) is 7.72. The Kier molecular flexibility index (Phi) is 4.86. The van der Waals surface area contributed by atoms with Crippen LogP contribution < -0.4 is 5.73 Å². The number of likely N-dealkylation sites (N-methyl/N-ethyl adjacent to an activating group) is 1. The van der Waals surface area contributed by atoms with Crippen LogP contribution in [0.15, 0.2) is 15.2 Å². The van der Waals surface area contributed by atoms with Crippen LogP contribution in [0.4, 0.5) is 0 Å². The van der Waals surface area contributed by atoms with Crippen molar-refractivity contribution in [3.63, 3.8) is 0 Å². The van der Waals surface area contributed by atoms with E-state index in [1.165, 1.54) is 35.0 Å². The standard InChI is InChI=1S/C14H23BrN2S/c1-3-11-4-5-14(7-11,10-16)17(2)8-12-6-13(15)18-9-12/h6,9,11H,3-5,7-8,10,16H2,1-2H3. The molecule has 102 valence electrons. The summed E-state index contributed by atoms with van der Waals surface area (Å²) in [5.74, 6) is 0.866. The van der Waals surface area contributed by atoms with Gasteiger partial charge in [0.15, 0.2) is 0 Å². The number of halogens is 1. The fraction of sp³-hybridized carbons (Fsp3) is 0.714. The second kappa shape index (κ2) is 6.04. The summed E-state index contributed by atoms with van der Waals surface area (Å²) in [4.78, 5) is 2.48. The van der Waals surface area contributed by atoms with E-state index in [0.29, 0.717) is 0 Å². The van der Waals surface area contributed by atoms with E-state index in [1.54, 1.807) is 11.3 Å². The molecule has 1 aliphatic carbocycles. The van der Waals surface area contributed by atoms with Crippen LogP contribution >= 0.6 is 27.3 Å². The Hall–Kier alpha value is 0.100. The van der Waals surface area contributed by atoms with Crippen molar-refractivity contribution in [3.05, 3.63) is 20.8 Å². The lowest BCUT2D eigenvalue weighted by atomic mass is 9.93. The van der Waals surface area contributed by atoms with Gasteiger partial charge in [0.25, 0.3) is 0 Å². The first-order valence-electron chi connectivity index (χ1n) is 6.74. The highest BCUT2D eigenvalue weighted by Gasteiger charge is 2.40. The van der Waals surface area contributed by atoms with Crippen LogP contribution in [-0.4, -0.2) is 24.0 Å². The molecule has 0 saturated heterocycles. The van der Waals surface area contributed by atoms with Crippen LogP contribution in [0.1, 0.15) is 38.2 Å². The number of thiophene rings is 1. The van der Waals surface area contributed by atoms with Gasteiger partial charge in [-0.25, -0.2) is 0 Å². The molecule has 2 rings (SSSR count). The molecule has 0 spiro atoms. The Balaban J connectivity index is 2.04. The molecule has 4 heteroatoms. The normalized spacial score (nSPS) is 28.2. The summed E-state index contributed by atoms with van der Waals surface area (Å²) in [7, 11) is 2.23. The monoisotopic (exact) mass is 330 g/mol. The summed E-state index contributed by atoms with van der Waals surface area (Å²) in [6.07, 6.45) is 5.15. The fourth-order valence-electron chi connectivity index (χ4n) is 3.12. The summed E-state index contributed by atoms with van der Waals surface area (Å²) in [5, 5.41) is 2.23. The van der Waals surface area contributed by atoms with Gasteiger partial charge in [0.1, 0.15) is 0 Å². The average molecular weight is 331 g/mol. The SMILES string of the molecule is CCC1CCC(CN)(N(C)Cc2csc(Br)c2)C1. The van der Waals surface area contributed by atoms with Gasteiger partial charge in [0.05, 0.1) is 3.79 Å². The third-order valence-electron chi connectivity index (χ3n) is 4.50. The zero-order valence-electron chi connectivity index (χ0n) is 11.3. The molecule has 2 unspecified atom stereocenters. The topological polar surface area (TPSA) is 29.3 Å². The van der Waals surface area contributed by atoms with E-state index in [-0.39, 0.29) is 5.54 Å². The van der Waals surface area contributed by atoms with Gasteiger partial charge in [-0.05, 0) is 65.2 Å². The Morgan fingerprint density at radius 3 is 2.89 bits per heavy atom. The van der Waals surface area contributed by atoms with Gasteiger partial charge >= 0.3 is 0 Å². The predicted octanol–water partition coefficient (Wildman–Crippen LogP) is 3.85. The van der Waals surface area contributed by atoms with E-state index >= 15 is 0 Å². The minimum atomic E-state index is 0.231. The molecular formula is C14H23BrN2S. The predicted molar refractivity (Wildman–Crippen MR) is 82.9 cm³/mol. The lowest BCUT2D eigenvalue weighted by molar-refractivity contribution is 0.119. The molecule has 1 aliphatic rings. The van der Waals surface area contributed by atoms with Crippen LogP contribution in [0.25, 0.3) is 0 Å². The lowest BCUT2D eigenvalue weighted by Crippen LogP contribution is -2.49. The maximum Gasteiger partial charge on any atom is 0.0701 e. The summed E-state index contributed by atoms with van der Waals surface area (Å²) >= 11 is 5.29. The van der Waals surface area contributed by atoms with E-state index in [1.807, 2.05) is 0 Å². The molecule has 0 bridgehead atoms. The Morgan fingerprint density at radius 1 is 1.61 bits per heavy atom. The highest BCUT2D eigenvalue weighted by atomic mass is 79.9.